The Hall–Kier alpha value is -1.55. The third-order valence-electron chi connectivity index (χ3n) is 4.46. The molecular weight excluding hydrogens is 290 g/mol. The Morgan fingerprint density at radius 1 is 1.26 bits per heavy atom. The van der Waals surface area contributed by atoms with Crippen molar-refractivity contribution >= 4 is 5.91 Å². The highest BCUT2D eigenvalue weighted by molar-refractivity contribution is 5.75. The number of benzene rings is 1. The van der Waals surface area contributed by atoms with Crippen LogP contribution >= 0.6 is 0 Å². The van der Waals surface area contributed by atoms with Gasteiger partial charge in [0.25, 0.3) is 0 Å². The van der Waals surface area contributed by atoms with Gasteiger partial charge < -0.3 is 15.2 Å². The van der Waals surface area contributed by atoms with Gasteiger partial charge in [-0.15, -0.1) is 0 Å². The number of hydrogen-bond donors (Lipinski definition) is 2. The number of nitrogens with one attached hydrogen (secondary N) is 1. The van der Waals surface area contributed by atoms with Crippen LogP contribution in [0.2, 0.25) is 0 Å². The van der Waals surface area contributed by atoms with Crippen molar-refractivity contribution in [2.24, 2.45) is 5.92 Å². The maximum Gasteiger partial charge on any atom is 0.220 e. The quantitative estimate of drug-likeness (QED) is 0.724. The largest absolute Gasteiger partial charge is 0.492 e. The number of rotatable bonds is 8. The summed E-state index contributed by atoms with van der Waals surface area (Å²) in [5, 5.41) is 12.9. The van der Waals surface area contributed by atoms with Crippen LogP contribution in [0.25, 0.3) is 0 Å². The maximum absolute atomic E-state index is 11.3. The Morgan fingerprint density at radius 2 is 2.00 bits per heavy atom. The fourth-order valence-corrected chi connectivity index (χ4v) is 3.13. The molecule has 1 aromatic rings. The second kappa shape index (κ2) is 9.56. The zero-order valence-electron chi connectivity index (χ0n) is 14.1. The van der Waals surface area contributed by atoms with Gasteiger partial charge in [-0.25, -0.2) is 0 Å². The lowest BCUT2D eigenvalue weighted by Crippen LogP contribution is -2.27. The number of hydrogen-bond acceptors (Lipinski definition) is 3. The van der Waals surface area contributed by atoms with E-state index in [2.05, 4.69) is 17.4 Å². The fourth-order valence-electron chi connectivity index (χ4n) is 3.13. The number of ether oxygens (including phenoxy) is 1. The molecule has 1 aromatic carbocycles. The van der Waals surface area contributed by atoms with E-state index < -0.39 is 0 Å². The van der Waals surface area contributed by atoms with Gasteiger partial charge in [-0.05, 0) is 49.3 Å². The molecule has 1 aliphatic carbocycles. The molecular formula is C19H29NO3. The minimum Gasteiger partial charge on any atom is -0.492 e. The molecule has 23 heavy (non-hydrogen) atoms. The number of carbonyl (C=O) groups excluding carboxylic acids is 1. The van der Waals surface area contributed by atoms with Gasteiger partial charge in [0.2, 0.25) is 5.91 Å². The number of aliphatic hydroxyl groups is 1. The topological polar surface area (TPSA) is 58.6 Å². The van der Waals surface area contributed by atoms with Gasteiger partial charge in [-0.2, -0.15) is 0 Å². The molecule has 2 atom stereocenters. The lowest BCUT2D eigenvalue weighted by atomic mass is 9.82. The molecule has 2 N–H and O–H groups in total. The van der Waals surface area contributed by atoms with E-state index in [-0.39, 0.29) is 12.0 Å². The normalized spacial score (nSPS) is 21.0. The molecule has 0 heterocycles. The van der Waals surface area contributed by atoms with Crippen LogP contribution in [0.4, 0.5) is 0 Å². The third-order valence-corrected chi connectivity index (χ3v) is 4.46. The molecule has 0 spiro atoms. The van der Waals surface area contributed by atoms with Crippen molar-refractivity contribution in [3.05, 3.63) is 29.8 Å². The number of amides is 1. The van der Waals surface area contributed by atoms with Gasteiger partial charge >= 0.3 is 0 Å². The second-order valence-corrected chi connectivity index (χ2v) is 6.41. The lowest BCUT2D eigenvalue weighted by molar-refractivity contribution is -0.121. The summed E-state index contributed by atoms with van der Waals surface area (Å²) in [6.45, 7) is 3.01. The van der Waals surface area contributed by atoms with Crippen LogP contribution < -0.4 is 10.1 Å². The highest BCUT2D eigenvalue weighted by Gasteiger charge is 2.22. The van der Waals surface area contributed by atoms with Crippen LogP contribution in [0, 0.1) is 5.92 Å². The van der Waals surface area contributed by atoms with Crippen LogP contribution in [0.15, 0.2) is 24.3 Å². The molecule has 0 unspecified atom stereocenters. The highest BCUT2D eigenvalue weighted by atomic mass is 16.5. The molecule has 1 aliphatic rings. The average molecular weight is 319 g/mol. The summed E-state index contributed by atoms with van der Waals surface area (Å²) in [4.78, 5) is 11.3. The van der Waals surface area contributed by atoms with Crippen molar-refractivity contribution < 1.29 is 14.6 Å². The molecule has 4 heteroatoms. The van der Waals surface area contributed by atoms with Gasteiger partial charge in [-0.1, -0.05) is 31.9 Å². The van der Waals surface area contributed by atoms with E-state index in [1.54, 1.807) is 0 Å². The van der Waals surface area contributed by atoms with E-state index in [1.807, 2.05) is 19.1 Å². The standard InChI is InChI=1S/C19H29NO3/c1-2-5-19(22)20-12-13-23-17-10-8-15(9-11-17)14-16-6-3-4-7-18(16)21/h8-11,16,18,21H,2-7,12-14H2,1H3,(H,20,22)/t16-,18+/m0/s1. The van der Waals surface area contributed by atoms with E-state index in [9.17, 15) is 9.90 Å². The zero-order chi connectivity index (χ0) is 16.5. The highest BCUT2D eigenvalue weighted by Crippen LogP contribution is 2.27. The van der Waals surface area contributed by atoms with Crippen LogP contribution in [0.1, 0.15) is 51.0 Å². The molecule has 4 nitrogen and oxygen atoms in total. The van der Waals surface area contributed by atoms with Crippen molar-refractivity contribution in [2.75, 3.05) is 13.2 Å². The Labute approximate surface area is 139 Å². The van der Waals surface area contributed by atoms with E-state index >= 15 is 0 Å². The SMILES string of the molecule is CCCC(=O)NCCOc1ccc(C[C@@H]2CCCC[C@H]2O)cc1. The van der Waals surface area contributed by atoms with E-state index in [0.717, 1.165) is 37.9 Å². The zero-order valence-corrected chi connectivity index (χ0v) is 14.1. The predicted molar refractivity (Wildman–Crippen MR) is 91.5 cm³/mol. The minimum absolute atomic E-state index is 0.0810. The van der Waals surface area contributed by atoms with Gasteiger partial charge in [0.15, 0.2) is 0 Å². The molecule has 128 valence electrons. The molecule has 0 aromatic heterocycles. The van der Waals surface area contributed by atoms with E-state index in [1.165, 1.54) is 12.0 Å². The summed E-state index contributed by atoms with van der Waals surface area (Å²) in [6.07, 6.45) is 6.67. The van der Waals surface area contributed by atoms with Gasteiger partial charge in [-0.3, -0.25) is 4.79 Å². The minimum atomic E-state index is -0.147. The summed E-state index contributed by atoms with van der Waals surface area (Å²) < 4.78 is 5.64. The molecule has 1 fully saturated rings. The van der Waals surface area contributed by atoms with Crippen molar-refractivity contribution in [2.45, 2.75) is 58.0 Å². The van der Waals surface area contributed by atoms with E-state index in [0.29, 0.717) is 25.5 Å². The molecule has 2 rings (SSSR count). The molecule has 0 aliphatic heterocycles. The van der Waals surface area contributed by atoms with Crippen molar-refractivity contribution in [1.29, 1.82) is 0 Å². The molecule has 1 amide bonds. The van der Waals surface area contributed by atoms with Gasteiger partial charge in [0, 0.05) is 6.42 Å². The Kier molecular flexibility index (Phi) is 7.40. The monoisotopic (exact) mass is 319 g/mol. The summed E-state index contributed by atoms with van der Waals surface area (Å²) in [6, 6.07) is 8.09. The number of carbonyl (C=O) groups is 1. The van der Waals surface area contributed by atoms with Crippen LogP contribution in [-0.4, -0.2) is 30.3 Å². The average Bonchev–Trinajstić information content (AvgIpc) is 2.55. The van der Waals surface area contributed by atoms with Crippen molar-refractivity contribution in [3.8, 4) is 5.75 Å². The summed E-state index contributed by atoms with van der Waals surface area (Å²) in [7, 11) is 0. The van der Waals surface area contributed by atoms with E-state index in [4.69, 9.17) is 4.74 Å². The number of aliphatic hydroxyl groups excluding tert-OH is 1. The fraction of sp³-hybridized carbons (Fsp3) is 0.632. The molecule has 0 saturated heterocycles. The maximum atomic E-state index is 11.3. The molecule has 1 saturated carbocycles. The van der Waals surface area contributed by atoms with Crippen LogP contribution in [0.5, 0.6) is 5.75 Å². The van der Waals surface area contributed by atoms with Gasteiger partial charge in [0.05, 0.1) is 12.6 Å². The Balaban J connectivity index is 1.70. The summed E-state index contributed by atoms with van der Waals surface area (Å²) in [5.74, 6) is 1.30. The first-order chi connectivity index (χ1) is 11.2. The van der Waals surface area contributed by atoms with Crippen molar-refractivity contribution in [3.63, 3.8) is 0 Å². The lowest BCUT2D eigenvalue weighted by Gasteiger charge is -2.27. The van der Waals surface area contributed by atoms with Crippen LogP contribution in [0.3, 0.4) is 0 Å². The predicted octanol–water partition coefficient (Wildman–Crippen LogP) is 3.08. The third kappa shape index (κ3) is 6.22. The second-order valence-electron chi connectivity index (χ2n) is 6.41. The van der Waals surface area contributed by atoms with Crippen molar-refractivity contribution in [1.82, 2.24) is 5.32 Å². The first-order valence-electron chi connectivity index (χ1n) is 8.85. The summed E-state index contributed by atoms with van der Waals surface area (Å²) in [5.41, 5.74) is 1.25. The Bertz CT molecular complexity index is 472. The smallest absolute Gasteiger partial charge is 0.220 e. The molecule has 0 radical (unpaired) electrons. The molecule has 0 bridgehead atoms. The summed E-state index contributed by atoms with van der Waals surface area (Å²) >= 11 is 0. The first kappa shape index (κ1) is 17.8. The first-order valence-corrected chi connectivity index (χ1v) is 8.85. The van der Waals surface area contributed by atoms with Crippen LogP contribution in [-0.2, 0) is 11.2 Å². The van der Waals surface area contributed by atoms with Gasteiger partial charge in [0.1, 0.15) is 12.4 Å². The Morgan fingerprint density at radius 3 is 2.70 bits per heavy atom.